The number of hydrogen-bond acceptors (Lipinski definition) is 3. The van der Waals surface area contributed by atoms with Crippen LogP contribution in [0.4, 0.5) is 0 Å². The number of nitrogens with one attached hydrogen (secondary N) is 3. The Hall–Kier alpha value is -2.83. The first-order valence-corrected chi connectivity index (χ1v) is 9.00. The summed E-state index contributed by atoms with van der Waals surface area (Å²) in [6, 6.07) is 13.7. The molecule has 3 rings (SSSR count). The van der Waals surface area contributed by atoms with Crippen LogP contribution in [0.25, 0.3) is 10.9 Å². The third-order valence-corrected chi connectivity index (χ3v) is 4.49. The van der Waals surface area contributed by atoms with Gasteiger partial charge in [-0.1, -0.05) is 41.9 Å². The maximum atomic E-state index is 12.6. The standard InChI is InChI=1S/C20H20ClN3O3/c1-2-27-24-20(26)18(23-19(25)15-8-3-5-9-16(15)21)11-13-12-22-17-10-6-4-7-14(13)17/h3-10,12,18,22H,2,11H2,1H3,(H,23,25)(H,24,26). The number of carbonyl (C=O) groups excluding carboxylic acids is 2. The second-order valence-corrected chi connectivity index (χ2v) is 6.38. The topological polar surface area (TPSA) is 83.2 Å². The van der Waals surface area contributed by atoms with E-state index in [4.69, 9.17) is 16.4 Å². The van der Waals surface area contributed by atoms with Crippen LogP contribution in [-0.4, -0.2) is 29.4 Å². The second-order valence-electron chi connectivity index (χ2n) is 5.97. The van der Waals surface area contributed by atoms with Crippen molar-refractivity contribution in [2.24, 2.45) is 0 Å². The number of hydroxylamine groups is 1. The molecule has 1 heterocycles. The monoisotopic (exact) mass is 385 g/mol. The van der Waals surface area contributed by atoms with E-state index in [9.17, 15) is 9.59 Å². The largest absolute Gasteiger partial charge is 0.361 e. The van der Waals surface area contributed by atoms with Crippen LogP contribution in [0.15, 0.2) is 54.7 Å². The summed E-state index contributed by atoms with van der Waals surface area (Å²) in [4.78, 5) is 33.3. The number of rotatable bonds is 7. The van der Waals surface area contributed by atoms with Crippen LogP contribution in [0.5, 0.6) is 0 Å². The zero-order chi connectivity index (χ0) is 19.2. The minimum absolute atomic E-state index is 0.305. The number of fused-ring (bicyclic) bond motifs is 1. The molecule has 0 bridgehead atoms. The molecule has 0 aliphatic carbocycles. The van der Waals surface area contributed by atoms with Crippen molar-refractivity contribution in [3.63, 3.8) is 0 Å². The molecule has 1 unspecified atom stereocenters. The lowest BCUT2D eigenvalue weighted by Crippen LogP contribution is -2.48. The zero-order valence-corrected chi connectivity index (χ0v) is 15.5. The molecule has 2 amide bonds. The number of aromatic nitrogens is 1. The van der Waals surface area contributed by atoms with Crippen LogP contribution in [-0.2, 0) is 16.1 Å². The van der Waals surface area contributed by atoms with Gasteiger partial charge in [-0.05, 0) is 30.7 Å². The van der Waals surface area contributed by atoms with Crippen molar-refractivity contribution in [1.82, 2.24) is 15.8 Å². The molecule has 2 aromatic carbocycles. The van der Waals surface area contributed by atoms with Gasteiger partial charge in [0.2, 0.25) is 0 Å². The first kappa shape index (κ1) is 18.9. The summed E-state index contributed by atoms with van der Waals surface area (Å²) >= 11 is 6.10. The van der Waals surface area contributed by atoms with Crippen molar-refractivity contribution in [2.45, 2.75) is 19.4 Å². The summed E-state index contributed by atoms with van der Waals surface area (Å²) in [7, 11) is 0. The van der Waals surface area contributed by atoms with Gasteiger partial charge < -0.3 is 10.3 Å². The van der Waals surface area contributed by atoms with Crippen LogP contribution in [0.3, 0.4) is 0 Å². The van der Waals surface area contributed by atoms with E-state index < -0.39 is 17.9 Å². The van der Waals surface area contributed by atoms with Crippen LogP contribution in [0, 0.1) is 0 Å². The molecule has 7 heteroatoms. The molecule has 140 valence electrons. The highest BCUT2D eigenvalue weighted by molar-refractivity contribution is 6.33. The van der Waals surface area contributed by atoms with E-state index in [-0.39, 0.29) is 0 Å². The SMILES string of the molecule is CCONC(=O)C(Cc1c[nH]c2ccccc12)NC(=O)c1ccccc1Cl. The van der Waals surface area contributed by atoms with E-state index in [0.717, 1.165) is 16.5 Å². The molecule has 0 fully saturated rings. The molecule has 27 heavy (non-hydrogen) atoms. The number of benzene rings is 2. The third-order valence-electron chi connectivity index (χ3n) is 4.16. The van der Waals surface area contributed by atoms with Gasteiger partial charge in [0.05, 0.1) is 17.2 Å². The molecule has 0 spiro atoms. The van der Waals surface area contributed by atoms with E-state index >= 15 is 0 Å². The normalized spacial score (nSPS) is 11.9. The smallest absolute Gasteiger partial charge is 0.266 e. The Kier molecular flexibility index (Phi) is 6.11. The predicted octanol–water partition coefficient (Wildman–Crippen LogP) is 3.23. The van der Waals surface area contributed by atoms with Crippen molar-refractivity contribution in [3.8, 4) is 0 Å². The average molecular weight is 386 g/mol. The Bertz CT molecular complexity index is 954. The van der Waals surface area contributed by atoms with Gasteiger partial charge in [-0.15, -0.1) is 0 Å². The lowest BCUT2D eigenvalue weighted by molar-refractivity contribution is -0.135. The Morgan fingerprint density at radius 3 is 2.67 bits per heavy atom. The molecule has 3 N–H and O–H groups in total. The van der Waals surface area contributed by atoms with Gasteiger partial charge in [0.1, 0.15) is 6.04 Å². The highest BCUT2D eigenvalue weighted by Gasteiger charge is 2.24. The second kappa shape index (κ2) is 8.70. The minimum Gasteiger partial charge on any atom is -0.361 e. The van der Waals surface area contributed by atoms with E-state index in [1.165, 1.54) is 0 Å². The maximum absolute atomic E-state index is 12.6. The van der Waals surface area contributed by atoms with Crippen molar-refractivity contribution >= 4 is 34.3 Å². The number of hydrogen-bond donors (Lipinski definition) is 3. The molecule has 6 nitrogen and oxygen atoms in total. The first-order chi connectivity index (χ1) is 13.1. The van der Waals surface area contributed by atoms with Crippen LogP contribution < -0.4 is 10.8 Å². The van der Waals surface area contributed by atoms with Crippen LogP contribution in [0.1, 0.15) is 22.8 Å². The van der Waals surface area contributed by atoms with Gasteiger partial charge in [-0.25, -0.2) is 5.48 Å². The summed E-state index contributed by atoms with van der Waals surface area (Å²) in [5.41, 5.74) is 4.56. The summed E-state index contributed by atoms with van der Waals surface area (Å²) in [6.45, 7) is 2.08. The Labute approximate surface area is 161 Å². The fourth-order valence-corrected chi connectivity index (χ4v) is 3.05. The van der Waals surface area contributed by atoms with Crippen molar-refractivity contribution < 1.29 is 14.4 Å². The number of para-hydroxylation sites is 1. The molecule has 1 aromatic heterocycles. The summed E-state index contributed by atoms with van der Waals surface area (Å²) in [5.74, 6) is -0.848. The number of amides is 2. The molecule has 0 radical (unpaired) electrons. The third kappa shape index (κ3) is 4.48. The van der Waals surface area contributed by atoms with Gasteiger partial charge in [0, 0.05) is 23.5 Å². The molecule has 0 aliphatic rings. The number of aromatic amines is 1. The Morgan fingerprint density at radius 2 is 1.89 bits per heavy atom. The van der Waals surface area contributed by atoms with Gasteiger partial charge in [-0.2, -0.15) is 0 Å². The minimum atomic E-state index is -0.820. The van der Waals surface area contributed by atoms with Crippen LogP contribution >= 0.6 is 11.6 Å². The lowest BCUT2D eigenvalue weighted by atomic mass is 10.0. The molecule has 0 aliphatic heterocycles. The van der Waals surface area contributed by atoms with Crippen molar-refractivity contribution in [1.29, 1.82) is 0 Å². The van der Waals surface area contributed by atoms with E-state index in [2.05, 4.69) is 15.8 Å². The molecular weight excluding hydrogens is 366 g/mol. The van der Waals surface area contributed by atoms with Gasteiger partial charge in [0.15, 0.2) is 0 Å². The highest BCUT2D eigenvalue weighted by atomic mass is 35.5. The van der Waals surface area contributed by atoms with Gasteiger partial charge >= 0.3 is 0 Å². The average Bonchev–Trinajstić information content (AvgIpc) is 3.09. The summed E-state index contributed by atoms with van der Waals surface area (Å²) in [6.07, 6.45) is 2.15. The maximum Gasteiger partial charge on any atom is 0.266 e. The van der Waals surface area contributed by atoms with E-state index in [1.54, 1.807) is 31.2 Å². The number of halogens is 1. The van der Waals surface area contributed by atoms with E-state index in [1.807, 2.05) is 30.5 Å². The van der Waals surface area contributed by atoms with Crippen molar-refractivity contribution in [2.75, 3.05) is 6.61 Å². The number of H-pyrrole nitrogens is 1. The molecular formula is C20H20ClN3O3. The quantitative estimate of drug-likeness (QED) is 0.546. The van der Waals surface area contributed by atoms with Gasteiger partial charge in [0.25, 0.3) is 11.8 Å². The highest BCUT2D eigenvalue weighted by Crippen LogP contribution is 2.20. The molecule has 0 saturated carbocycles. The Morgan fingerprint density at radius 1 is 1.15 bits per heavy atom. The van der Waals surface area contributed by atoms with Crippen LogP contribution in [0.2, 0.25) is 5.02 Å². The van der Waals surface area contributed by atoms with Gasteiger partial charge in [-0.3, -0.25) is 14.4 Å². The first-order valence-electron chi connectivity index (χ1n) is 8.62. The Balaban J connectivity index is 1.83. The molecule has 3 aromatic rings. The number of carbonyl (C=O) groups is 2. The van der Waals surface area contributed by atoms with Crippen molar-refractivity contribution in [3.05, 3.63) is 70.9 Å². The zero-order valence-electron chi connectivity index (χ0n) is 14.8. The molecule has 1 atom stereocenters. The summed E-state index contributed by atoms with van der Waals surface area (Å²) in [5, 5.41) is 4.08. The fourth-order valence-electron chi connectivity index (χ4n) is 2.83. The summed E-state index contributed by atoms with van der Waals surface area (Å²) < 4.78 is 0. The fraction of sp³-hybridized carbons (Fsp3) is 0.200. The predicted molar refractivity (Wildman–Crippen MR) is 104 cm³/mol. The molecule has 0 saturated heterocycles. The lowest BCUT2D eigenvalue weighted by Gasteiger charge is -2.18. The van der Waals surface area contributed by atoms with E-state index in [0.29, 0.717) is 23.6 Å².